The van der Waals surface area contributed by atoms with E-state index < -0.39 is 0 Å². The third-order valence-electron chi connectivity index (χ3n) is 7.13. The molecule has 0 N–H and O–H groups in total. The zero-order chi connectivity index (χ0) is 29.9. The maximum absolute atomic E-state index is 13.7. The Hall–Kier alpha value is -5.95. The summed E-state index contributed by atoms with van der Waals surface area (Å²) in [5.41, 5.74) is 8.71. The van der Waals surface area contributed by atoms with Crippen LogP contribution in [-0.2, 0) is 0 Å². The second-order valence-electron chi connectivity index (χ2n) is 10.1. The van der Waals surface area contributed by atoms with Crippen molar-refractivity contribution in [3.63, 3.8) is 0 Å². The van der Waals surface area contributed by atoms with Crippen LogP contribution in [0.2, 0.25) is 0 Å². The minimum Gasteiger partial charge on any atom is -0.255 e. The van der Waals surface area contributed by atoms with Crippen LogP contribution in [0.4, 0.5) is 8.78 Å². The van der Waals surface area contributed by atoms with Crippen LogP contribution in [0, 0.1) is 11.6 Å². The van der Waals surface area contributed by atoms with Crippen LogP contribution in [0.15, 0.2) is 140 Å². The molecule has 0 saturated carbocycles. The molecule has 5 nitrogen and oxygen atoms in total. The van der Waals surface area contributed by atoms with Gasteiger partial charge in [0.1, 0.15) is 11.6 Å². The van der Waals surface area contributed by atoms with Crippen molar-refractivity contribution >= 4 is 0 Å². The van der Waals surface area contributed by atoms with E-state index in [1.807, 2.05) is 78.9 Å². The minimum absolute atomic E-state index is 0.303. The van der Waals surface area contributed by atoms with Gasteiger partial charge in [0.15, 0.2) is 0 Å². The lowest BCUT2D eigenvalue weighted by atomic mass is 10.0. The maximum atomic E-state index is 13.7. The Morgan fingerprint density at radius 2 is 0.682 bits per heavy atom. The van der Waals surface area contributed by atoms with E-state index in [0.717, 1.165) is 22.3 Å². The quantitative estimate of drug-likeness (QED) is 0.198. The fourth-order valence-corrected chi connectivity index (χ4v) is 4.95. The highest BCUT2D eigenvalue weighted by molar-refractivity contribution is 5.77. The molecular weight excluding hydrogens is 552 g/mol. The summed E-state index contributed by atoms with van der Waals surface area (Å²) < 4.78 is 27.5. The van der Waals surface area contributed by atoms with Gasteiger partial charge in [-0.15, -0.1) is 0 Å². The average Bonchev–Trinajstić information content (AvgIpc) is 3.09. The molecule has 0 bridgehead atoms. The molecule has 0 radical (unpaired) electrons. The third-order valence-corrected chi connectivity index (χ3v) is 7.13. The largest absolute Gasteiger partial charge is 0.255 e. The van der Waals surface area contributed by atoms with E-state index in [1.54, 1.807) is 36.7 Å². The predicted molar refractivity (Wildman–Crippen MR) is 168 cm³/mol. The molecule has 5 aromatic heterocycles. The van der Waals surface area contributed by atoms with E-state index in [4.69, 9.17) is 15.0 Å². The average molecular weight is 576 g/mol. The third kappa shape index (κ3) is 5.71. The molecule has 0 fully saturated rings. The van der Waals surface area contributed by atoms with Gasteiger partial charge in [-0.05, 0) is 107 Å². The van der Waals surface area contributed by atoms with Crippen LogP contribution in [-0.4, -0.2) is 24.9 Å². The molecular formula is C37H23F2N5. The second kappa shape index (κ2) is 11.7. The molecule has 7 rings (SSSR count). The Bertz CT molecular complexity index is 1920. The number of halogens is 2. The molecule has 210 valence electrons. The van der Waals surface area contributed by atoms with Gasteiger partial charge in [0.25, 0.3) is 0 Å². The summed E-state index contributed by atoms with van der Waals surface area (Å²) >= 11 is 0. The SMILES string of the molecule is Fc1ccc(-c2cc(-c3ccccn3)nc(-c3cccc(-c4cc(-c5ccc(F)cc5)cc(-c5ccccn5)n4)n3)c2)cc1. The Balaban J connectivity index is 1.37. The van der Waals surface area contributed by atoms with Crippen molar-refractivity contribution in [2.24, 2.45) is 0 Å². The summed E-state index contributed by atoms with van der Waals surface area (Å²) in [6.45, 7) is 0. The molecule has 5 heterocycles. The number of aromatic nitrogens is 5. The first-order valence-electron chi connectivity index (χ1n) is 14.0. The van der Waals surface area contributed by atoms with Crippen LogP contribution >= 0.6 is 0 Å². The summed E-state index contributed by atoms with van der Waals surface area (Å²) in [6, 6.07) is 37.5. The molecule has 0 amide bonds. The molecule has 0 saturated heterocycles. The van der Waals surface area contributed by atoms with Gasteiger partial charge >= 0.3 is 0 Å². The molecule has 0 unspecified atom stereocenters. The maximum Gasteiger partial charge on any atom is 0.123 e. The van der Waals surface area contributed by atoms with E-state index in [1.165, 1.54) is 24.3 Å². The van der Waals surface area contributed by atoms with Crippen LogP contribution < -0.4 is 0 Å². The monoisotopic (exact) mass is 575 g/mol. The van der Waals surface area contributed by atoms with Crippen molar-refractivity contribution in [2.45, 2.75) is 0 Å². The van der Waals surface area contributed by atoms with E-state index in [-0.39, 0.29) is 11.6 Å². The van der Waals surface area contributed by atoms with Crippen LogP contribution in [0.25, 0.3) is 67.8 Å². The lowest BCUT2D eigenvalue weighted by Crippen LogP contribution is -1.97. The van der Waals surface area contributed by atoms with Crippen molar-refractivity contribution < 1.29 is 8.78 Å². The Morgan fingerprint density at radius 1 is 0.318 bits per heavy atom. The van der Waals surface area contributed by atoms with Crippen molar-refractivity contribution in [3.8, 4) is 67.8 Å². The smallest absolute Gasteiger partial charge is 0.123 e. The lowest BCUT2D eigenvalue weighted by molar-refractivity contribution is 0.627. The molecule has 0 aliphatic heterocycles. The summed E-state index contributed by atoms with van der Waals surface area (Å²) in [7, 11) is 0. The lowest BCUT2D eigenvalue weighted by Gasteiger charge is -2.12. The van der Waals surface area contributed by atoms with E-state index in [2.05, 4.69) is 9.97 Å². The van der Waals surface area contributed by atoms with Crippen molar-refractivity contribution in [3.05, 3.63) is 151 Å². The van der Waals surface area contributed by atoms with Gasteiger partial charge < -0.3 is 0 Å². The molecule has 0 atom stereocenters. The standard InChI is InChI=1S/C37H23F2N5/c38-28-14-10-24(11-15-28)26-20-34(30-6-1-3-18-40-30)43-36(22-26)32-8-5-9-33(42-32)37-23-27(25-12-16-29(39)17-13-25)21-35(44-37)31-7-2-4-19-41-31/h1-23H. The number of hydrogen-bond acceptors (Lipinski definition) is 5. The van der Waals surface area contributed by atoms with Gasteiger partial charge in [-0.25, -0.2) is 23.7 Å². The first-order chi connectivity index (χ1) is 21.6. The van der Waals surface area contributed by atoms with Gasteiger partial charge in [0, 0.05) is 12.4 Å². The van der Waals surface area contributed by atoms with E-state index in [9.17, 15) is 8.78 Å². The van der Waals surface area contributed by atoms with Gasteiger partial charge in [-0.2, -0.15) is 0 Å². The Kier molecular flexibility index (Phi) is 7.18. The number of hydrogen-bond donors (Lipinski definition) is 0. The highest BCUT2D eigenvalue weighted by Crippen LogP contribution is 2.32. The first kappa shape index (κ1) is 26.9. The molecule has 44 heavy (non-hydrogen) atoms. The number of rotatable bonds is 6. The zero-order valence-electron chi connectivity index (χ0n) is 23.3. The minimum atomic E-state index is -0.303. The summed E-state index contributed by atoms with van der Waals surface area (Å²) in [4.78, 5) is 23.8. The summed E-state index contributed by atoms with van der Waals surface area (Å²) in [6.07, 6.45) is 3.44. The normalized spacial score (nSPS) is 11.0. The number of benzene rings is 2. The molecule has 0 aliphatic rings. The first-order valence-corrected chi connectivity index (χ1v) is 14.0. The van der Waals surface area contributed by atoms with Gasteiger partial charge in [0.2, 0.25) is 0 Å². The predicted octanol–water partition coefficient (Wildman–Crippen LogP) is 8.94. The fraction of sp³-hybridized carbons (Fsp3) is 0. The molecule has 2 aromatic carbocycles. The van der Waals surface area contributed by atoms with Crippen molar-refractivity contribution in [1.29, 1.82) is 0 Å². The molecule has 0 aliphatic carbocycles. The second-order valence-corrected chi connectivity index (χ2v) is 10.1. The van der Waals surface area contributed by atoms with E-state index in [0.29, 0.717) is 45.6 Å². The van der Waals surface area contributed by atoms with Gasteiger partial charge in [-0.1, -0.05) is 42.5 Å². The number of pyridine rings is 5. The fourth-order valence-electron chi connectivity index (χ4n) is 4.95. The van der Waals surface area contributed by atoms with Gasteiger partial charge in [-0.3, -0.25) is 9.97 Å². The zero-order valence-corrected chi connectivity index (χ0v) is 23.3. The topological polar surface area (TPSA) is 64.5 Å². The molecule has 0 spiro atoms. The van der Waals surface area contributed by atoms with Crippen LogP contribution in [0.1, 0.15) is 0 Å². The highest BCUT2D eigenvalue weighted by Gasteiger charge is 2.14. The van der Waals surface area contributed by atoms with Crippen LogP contribution in [0.5, 0.6) is 0 Å². The Morgan fingerprint density at radius 3 is 1.07 bits per heavy atom. The summed E-state index contributed by atoms with van der Waals surface area (Å²) in [5, 5.41) is 0. The number of nitrogens with zero attached hydrogens (tertiary/aromatic N) is 5. The summed E-state index contributed by atoms with van der Waals surface area (Å²) in [5.74, 6) is -0.606. The van der Waals surface area contributed by atoms with Crippen LogP contribution in [0.3, 0.4) is 0 Å². The Labute approximate surface area is 252 Å². The van der Waals surface area contributed by atoms with Gasteiger partial charge in [0.05, 0.1) is 45.6 Å². The molecule has 7 aromatic rings. The van der Waals surface area contributed by atoms with Crippen molar-refractivity contribution in [2.75, 3.05) is 0 Å². The molecule has 7 heteroatoms. The van der Waals surface area contributed by atoms with E-state index >= 15 is 0 Å². The highest BCUT2D eigenvalue weighted by atomic mass is 19.1. The van der Waals surface area contributed by atoms with Crippen molar-refractivity contribution in [1.82, 2.24) is 24.9 Å².